The first-order valence-electron chi connectivity index (χ1n) is 4.42. The molecule has 1 rings (SSSR count). The van der Waals surface area contributed by atoms with Crippen LogP contribution in [0.1, 0.15) is 18.7 Å². The van der Waals surface area contributed by atoms with Crippen molar-refractivity contribution in [2.45, 2.75) is 20.3 Å². The number of halogens is 2. The summed E-state index contributed by atoms with van der Waals surface area (Å²) in [6.45, 7) is 4.46. The predicted octanol–water partition coefficient (Wildman–Crippen LogP) is 4.56. The lowest BCUT2D eigenvalue weighted by Crippen LogP contribution is -2.12. The Hall–Kier alpha value is 0.470. The molecule has 0 aliphatic heterocycles. The lowest BCUT2D eigenvalue weighted by atomic mass is 9.94. The van der Waals surface area contributed by atoms with E-state index in [2.05, 4.69) is 41.2 Å². The fourth-order valence-electron chi connectivity index (χ4n) is 1.19. The monoisotopic (exact) mass is 280 g/mol. The maximum absolute atomic E-state index is 5.91. The van der Waals surface area contributed by atoms with Gasteiger partial charge in [0, 0.05) is 20.6 Å². The second-order valence-corrected chi connectivity index (χ2v) is 5.81. The van der Waals surface area contributed by atoms with Crippen molar-refractivity contribution >= 4 is 38.9 Å². The highest BCUT2D eigenvalue weighted by atomic mass is 79.9. The van der Waals surface area contributed by atoms with Crippen molar-refractivity contribution in [3.8, 4) is 0 Å². The van der Waals surface area contributed by atoms with Crippen LogP contribution in [0.2, 0.25) is 0 Å². The molecule has 1 heterocycles. The maximum Gasteiger partial charge on any atom is 0.0285 e. The molecule has 0 amide bonds. The molecule has 0 fully saturated rings. The van der Waals surface area contributed by atoms with Crippen molar-refractivity contribution in [3.63, 3.8) is 0 Å². The molecule has 3 heteroatoms. The highest BCUT2D eigenvalue weighted by Crippen LogP contribution is 2.25. The van der Waals surface area contributed by atoms with Crippen LogP contribution in [0.4, 0.5) is 0 Å². The maximum atomic E-state index is 5.91. The molecule has 0 aliphatic rings. The van der Waals surface area contributed by atoms with E-state index in [4.69, 9.17) is 11.6 Å². The molecule has 1 atom stereocenters. The van der Waals surface area contributed by atoms with Gasteiger partial charge in [-0.1, -0.05) is 13.8 Å². The molecule has 0 N–H and O–H groups in total. The molecular formula is C10H14BrClS. The molecule has 0 spiro atoms. The number of thiophene rings is 1. The van der Waals surface area contributed by atoms with Gasteiger partial charge in [0.1, 0.15) is 0 Å². The Bertz CT molecular complexity index is 257. The van der Waals surface area contributed by atoms with Crippen LogP contribution in [0.25, 0.3) is 0 Å². The number of hydrogen-bond acceptors (Lipinski definition) is 1. The van der Waals surface area contributed by atoms with Crippen molar-refractivity contribution < 1.29 is 0 Å². The van der Waals surface area contributed by atoms with E-state index in [0.717, 1.165) is 12.3 Å². The molecule has 1 unspecified atom stereocenters. The molecular weight excluding hydrogens is 268 g/mol. The summed E-state index contributed by atoms with van der Waals surface area (Å²) in [6.07, 6.45) is 1.11. The highest BCUT2D eigenvalue weighted by molar-refractivity contribution is 9.10. The van der Waals surface area contributed by atoms with Crippen LogP contribution in [0.3, 0.4) is 0 Å². The zero-order valence-corrected chi connectivity index (χ0v) is 11.0. The molecule has 13 heavy (non-hydrogen) atoms. The van der Waals surface area contributed by atoms with Crippen LogP contribution in [-0.2, 0) is 6.42 Å². The fourth-order valence-corrected chi connectivity index (χ4v) is 3.20. The van der Waals surface area contributed by atoms with Gasteiger partial charge in [0.25, 0.3) is 0 Å². The largest absolute Gasteiger partial charge is 0.148 e. The lowest BCUT2D eigenvalue weighted by Gasteiger charge is -2.16. The van der Waals surface area contributed by atoms with Gasteiger partial charge in [-0.2, -0.15) is 0 Å². The van der Waals surface area contributed by atoms with Crippen molar-refractivity contribution in [2.24, 2.45) is 11.8 Å². The molecule has 1 aromatic heterocycles. The van der Waals surface area contributed by atoms with E-state index in [9.17, 15) is 0 Å². The van der Waals surface area contributed by atoms with Gasteiger partial charge in [0.05, 0.1) is 0 Å². The molecule has 0 bridgehead atoms. The highest BCUT2D eigenvalue weighted by Gasteiger charge is 2.13. The van der Waals surface area contributed by atoms with Crippen LogP contribution >= 0.6 is 38.9 Å². The summed E-state index contributed by atoms with van der Waals surface area (Å²) in [5, 5.41) is 2.13. The van der Waals surface area contributed by atoms with Crippen LogP contribution in [0.15, 0.2) is 15.9 Å². The summed E-state index contributed by atoms with van der Waals surface area (Å²) in [5.41, 5.74) is 0. The average Bonchev–Trinajstić information content (AvgIpc) is 2.46. The van der Waals surface area contributed by atoms with E-state index in [1.54, 1.807) is 11.3 Å². The molecule has 1 aromatic rings. The summed E-state index contributed by atoms with van der Waals surface area (Å²) >= 11 is 11.2. The van der Waals surface area contributed by atoms with Gasteiger partial charge in [-0.05, 0) is 40.3 Å². The Morgan fingerprint density at radius 3 is 2.62 bits per heavy atom. The van der Waals surface area contributed by atoms with E-state index in [-0.39, 0.29) is 0 Å². The van der Waals surface area contributed by atoms with Crippen LogP contribution in [0.5, 0.6) is 0 Å². The van der Waals surface area contributed by atoms with Crippen molar-refractivity contribution in [2.75, 3.05) is 5.88 Å². The lowest BCUT2D eigenvalue weighted by molar-refractivity contribution is 0.425. The van der Waals surface area contributed by atoms with E-state index in [1.807, 2.05) is 0 Å². The zero-order valence-electron chi connectivity index (χ0n) is 7.89. The second kappa shape index (κ2) is 5.38. The first kappa shape index (κ1) is 11.5. The zero-order chi connectivity index (χ0) is 9.84. The van der Waals surface area contributed by atoms with Crippen LogP contribution < -0.4 is 0 Å². The van der Waals surface area contributed by atoms with Gasteiger partial charge in [0.15, 0.2) is 0 Å². The Morgan fingerprint density at radius 1 is 1.54 bits per heavy atom. The topological polar surface area (TPSA) is 0 Å². The van der Waals surface area contributed by atoms with E-state index in [0.29, 0.717) is 11.8 Å². The standard InChI is InChI=1S/C10H14BrClS/c1-7(2)8(5-12)3-10-4-9(11)6-13-10/h4,6-8H,3,5H2,1-2H3. The third kappa shape index (κ3) is 3.61. The Balaban J connectivity index is 2.56. The Labute approximate surface area is 97.4 Å². The number of alkyl halides is 1. The first-order chi connectivity index (χ1) is 6.13. The van der Waals surface area contributed by atoms with Crippen LogP contribution in [0, 0.1) is 11.8 Å². The van der Waals surface area contributed by atoms with E-state index in [1.165, 1.54) is 9.35 Å². The minimum atomic E-state index is 0.604. The molecule has 74 valence electrons. The summed E-state index contributed by atoms with van der Waals surface area (Å²) < 4.78 is 1.18. The minimum absolute atomic E-state index is 0.604. The van der Waals surface area contributed by atoms with Gasteiger partial charge in [-0.3, -0.25) is 0 Å². The van der Waals surface area contributed by atoms with Gasteiger partial charge in [-0.25, -0.2) is 0 Å². The first-order valence-corrected chi connectivity index (χ1v) is 6.63. The molecule has 0 nitrogen and oxygen atoms in total. The Kier molecular flexibility index (Phi) is 4.77. The van der Waals surface area contributed by atoms with Crippen molar-refractivity contribution in [1.29, 1.82) is 0 Å². The smallest absolute Gasteiger partial charge is 0.0285 e. The quantitative estimate of drug-likeness (QED) is 0.710. The molecule has 0 radical (unpaired) electrons. The third-order valence-electron chi connectivity index (χ3n) is 2.23. The van der Waals surface area contributed by atoms with Gasteiger partial charge >= 0.3 is 0 Å². The van der Waals surface area contributed by atoms with Crippen LogP contribution in [-0.4, -0.2) is 5.88 Å². The number of hydrogen-bond donors (Lipinski definition) is 0. The molecule has 0 aliphatic carbocycles. The van der Waals surface area contributed by atoms with E-state index >= 15 is 0 Å². The summed E-state index contributed by atoms with van der Waals surface area (Å²) in [5.74, 6) is 2.03. The predicted molar refractivity (Wildman–Crippen MR) is 64.8 cm³/mol. The summed E-state index contributed by atoms with van der Waals surface area (Å²) in [6, 6.07) is 2.19. The molecule has 0 saturated carbocycles. The summed E-state index contributed by atoms with van der Waals surface area (Å²) in [4.78, 5) is 1.42. The SMILES string of the molecule is CC(C)C(CCl)Cc1cc(Br)cs1. The normalized spacial score (nSPS) is 13.6. The molecule has 0 aromatic carbocycles. The summed E-state index contributed by atoms with van der Waals surface area (Å²) in [7, 11) is 0. The minimum Gasteiger partial charge on any atom is -0.148 e. The third-order valence-corrected chi connectivity index (χ3v) is 4.34. The molecule has 0 saturated heterocycles. The fraction of sp³-hybridized carbons (Fsp3) is 0.600. The van der Waals surface area contributed by atoms with Crippen molar-refractivity contribution in [1.82, 2.24) is 0 Å². The second-order valence-electron chi connectivity index (χ2n) is 3.59. The van der Waals surface area contributed by atoms with Gasteiger partial charge in [0.2, 0.25) is 0 Å². The van der Waals surface area contributed by atoms with E-state index < -0.39 is 0 Å². The average molecular weight is 282 g/mol. The Morgan fingerprint density at radius 2 is 2.23 bits per heavy atom. The van der Waals surface area contributed by atoms with Gasteiger partial charge in [-0.15, -0.1) is 22.9 Å². The number of rotatable bonds is 4. The van der Waals surface area contributed by atoms with Crippen molar-refractivity contribution in [3.05, 3.63) is 20.8 Å². The van der Waals surface area contributed by atoms with Gasteiger partial charge < -0.3 is 0 Å².